The molecule has 1 aliphatic heterocycles. The van der Waals surface area contributed by atoms with Crippen LogP contribution in [0.2, 0.25) is 0 Å². The van der Waals surface area contributed by atoms with Gasteiger partial charge in [-0.2, -0.15) is 0 Å². The molecule has 2 heterocycles. The smallest absolute Gasteiger partial charge is 0.0456 e. The molecule has 1 saturated heterocycles. The number of pyridine rings is 1. The Hall–Kier alpha value is -1.05. The number of anilines is 1. The highest BCUT2D eigenvalue weighted by atomic mass is 15.1. The first-order valence-corrected chi connectivity index (χ1v) is 4.95. The third-order valence-corrected chi connectivity index (χ3v) is 2.71. The molecule has 1 aliphatic rings. The van der Waals surface area contributed by atoms with Crippen molar-refractivity contribution in [1.82, 2.24) is 4.98 Å². The van der Waals surface area contributed by atoms with Crippen LogP contribution < -0.4 is 4.90 Å². The molecule has 0 bridgehead atoms. The number of aryl methyl sites for hydroxylation is 2. The summed E-state index contributed by atoms with van der Waals surface area (Å²) in [5.74, 6) is 0. The van der Waals surface area contributed by atoms with Crippen molar-refractivity contribution in [3.05, 3.63) is 23.5 Å². The van der Waals surface area contributed by atoms with Crippen molar-refractivity contribution in [2.45, 2.75) is 26.7 Å². The van der Waals surface area contributed by atoms with Gasteiger partial charge in [0.1, 0.15) is 0 Å². The van der Waals surface area contributed by atoms with Crippen LogP contribution in [0.15, 0.2) is 12.4 Å². The predicted molar refractivity (Wildman–Crippen MR) is 55.2 cm³/mol. The largest absolute Gasteiger partial charge is 0.371 e. The Morgan fingerprint density at radius 1 is 1.08 bits per heavy atom. The molecular weight excluding hydrogens is 160 g/mol. The average molecular weight is 176 g/mol. The zero-order chi connectivity index (χ0) is 9.26. The van der Waals surface area contributed by atoms with Gasteiger partial charge in [0.15, 0.2) is 0 Å². The van der Waals surface area contributed by atoms with Gasteiger partial charge >= 0.3 is 0 Å². The monoisotopic (exact) mass is 176 g/mol. The van der Waals surface area contributed by atoms with E-state index in [9.17, 15) is 0 Å². The van der Waals surface area contributed by atoms with Crippen LogP contribution in [0, 0.1) is 13.8 Å². The van der Waals surface area contributed by atoms with E-state index in [-0.39, 0.29) is 0 Å². The SMILES string of the molecule is Cc1cncc(C)c1N1CCCC1. The fraction of sp³-hybridized carbons (Fsp3) is 0.545. The van der Waals surface area contributed by atoms with E-state index in [0.29, 0.717) is 0 Å². The van der Waals surface area contributed by atoms with Gasteiger partial charge in [-0.3, -0.25) is 4.98 Å². The molecule has 0 amide bonds. The molecule has 2 heteroatoms. The maximum Gasteiger partial charge on any atom is 0.0456 e. The van der Waals surface area contributed by atoms with Crippen molar-refractivity contribution in [1.29, 1.82) is 0 Å². The zero-order valence-corrected chi connectivity index (χ0v) is 8.38. The Balaban J connectivity index is 2.37. The zero-order valence-electron chi connectivity index (χ0n) is 8.38. The molecule has 1 aromatic rings. The normalized spacial score (nSPS) is 16.6. The summed E-state index contributed by atoms with van der Waals surface area (Å²) in [6, 6.07) is 0. The molecule has 0 aromatic carbocycles. The summed E-state index contributed by atoms with van der Waals surface area (Å²) >= 11 is 0. The molecule has 1 aromatic heterocycles. The number of nitrogens with zero attached hydrogens (tertiary/aromatic N) is 2. The lowest BCUT2D eigenvalue weighted by molar-refractivity contribution is 0.947. The van der Waals surface area contributed by atoms with Crippen molar-refractivity contribution in [3.8, 4) is 0 Å². The topological polar surface area (TPSA) is 16.1 Å². The summed E-state index contributed by atoms with van der Waals surface area (Å²) in [5, 5.41) is 0. The molecule has 2 nitrogen and oxygen atoms in total. The van der Waals surface area contributed by atoms with E-state index in [1.165, 1.54) is 42.7 Å². The van der Waals surface area contributed by atoms with Crippen molar-refractivity contribution in [2.75, 3.05) is 18.0 Å². The molecule has 70 valence electrons. The van der Waals surface area contributed by atoms with Crippen LogP contribution in [-0.4, -0.2) is 18.1 Å². The van der Waals surface area contributed by atoms with Gasteiger partial charge in [0.25, 0.3) is 0 Å². The third kappa shape index (κ3) is 1.53. The van der Waals surface area contributed by atoms with E-state index in [4.69, 9.17) is 0 Å². The van der Waals surface area contributed by atoms with Gasteiger partial charge < -0.3 is 4.90 Å². The van der Waals surface area contributed by atoms with Crippen molar-refractivity contribution < 1.29 is 0 Å². The van der Waals surface area contributed by atoms with E-state index in [0.717, 1.165) is 0 Å². The van der Waals surface area contributed by atoms with E-state index >= 15 is 0 Å². The highest BCUT2D eigenvalue weighted by Crippen LogP contribution is 2.26. The lowest BCUT2D eigenvalue weighted by Gasteiger charge is -2.21. The Labute approximate surface area is 79.6 Å². The number of hydrogen-bond donors (Lipinski definition) is 0. The van der Waals surface area contributed by atoms with Gasteiger partial charge in [0, 0.05) is 31.2 Å². The van der Waals surface area contributed by atoms with Gasteiger partial charge in [-0.15, -0.1) is 0 Å². The van der Waals surface area contributed by atoms with Crippen LogP contribution in [-0.2, 0) is 0 Å². The van der Waals surface area contributed by atoms with Gasteiger partial charge in [0.05, 0.1) is 0 Å². The molecule has 0 aliphatic carbocycles. The Kier molecular flexibility index (Phi) is 2.21. The van der Waals surface area contributed by atoms with Crippen molar-refractivity contribution in [2.24, 2.45) is 0 Å². The molecule has 0 unspecified atom stereocenters. The summed E-state index contributed by atoms with van der Waals surface area (Å²) in [7, 11) is 0. The summed E-state index contributed by atoms with van der Waals surface area (Å²) in [4.78, 5) is 6.67. The molecule has 2 rings (SSSR count). The van der Waals surface area contributed by atoms with Crippen LogP contribution in [0.3, 0.4) is 0 Å². The molecule has 0 radical (unpaired) electrons. The van der Waals surface area contributed by atoms with Crippen LogP contribution in [0.25, 0.3) is 0 Å². The van der Waals surface area contributed by atoms with E-state index in [1.807, 2.05) is 12.4 Å². The van der Waals surface area contributed by atoms with Gasteiger partial charge in [-0.1, -0.05) is 0 Å². The summed E-state index contributed by atoms with van der Waals surface area (Å²) in [6.07, 6.45) is 6.59. The number of rotatable bonds is 1. The van der Waals surface area contributed by atoms with Crippen LogP contribution in [0.5, 0.6) is 0 Å². The van der Waals surface area contributed by atoms with E-state index < -0.39 is 0 Å². The average Bonchev–Trinajstić information content (AvgIpc) is 2.57. The van der Waals surface area contributed by atoms with Gasteiger partial charge in [-0.05, 0) is 37.8 Å². The van der Waals surface area contributed by atoms with Crippen LogP contribution >= 0.6 is 0 Å². The van der Waals surface area contributed by atoms with Crippen LogP contribution in [0.1, 0.15) is 24.0 Å². The maximum absolute atomic E-state index is 4.19. The minimum Gasteiger partial charge on any atom is -0.371 e. The van der Waals surface area contributed by atoms with E-state index in [1.54, 1.807) is 0 Å². The van der Waals surface area contributed by atoms with Crippen molar-refractivity contribution >= 4 is 5.69 Å². The molecule has 0 N–H and O–H groups in total. The Morgan fingerprint density at radius 2 is 1.62 bits per heavy atom. The molecule has 1 fully saturated rings. The van der Waals surface area contributed by atoms with Gasteiger partial charge in [0.2, 0.25) is 0 Å². The van der Waals surface area contributed by atoms with Crippen molar-refractivity contribution in [3.63, 3.8) is 0 Å². The summed E-state index contributed by atoms with van der Waals surface area (Å²) < 4.78 is 0. The highest BCUT2D eigenvalue weighted by Gasteiger charge is 2.15. The standard InChI is InChI=1S/C11H16N2/c1-9-7-12-8-10(2)11(9)13-5-3-4-6-13/h7-8H,3-6H2,1-2H3. The first-order valence-electron chi connectivity index (χ1n) is 4.95. The van der Waals surface area contributed by atoms with Gasteiger partial charge in [-0.25, -0.2) is 0 Å². The molecule has 13 heavy (non-hydrogen) atoms. The quantitative estimate of drug-likeness (QED) is 0.652. The first-order chi connectivity index (χ1) is 6.29. The van der Waals surface area contributed by atoms with Crippen LogP contribution in [0.4, 0.5) is 5.69 Å². The second-order valence-corrected chi connectivity index (χ2v) is 3.82. The Bertz CT molecular complexity index is 281. The third-order valence-electron chi connectivity index (χ3n) is 2.71. The second kappa shape index (κ2) is 3.36. The lowest BCUT2D eigenvalue weighted by atomic mass is 10.1. The number of aromatic nitrogens is 1. The number of hydrogen-bond acceptors (Lipinski definition) is 2. The highest BCUT2D eigenvalue weighted by molar-refractivity contribution is 5.57. The van der Waals surface area contributed by atoms with E-state index in [2.05, 4.69) is 23.7 Å². The predicted octanol–water partition coefficient (Wildman–Crippen LogP) is 2.30. The summed E-state index contributed by atoms with van der Waals surface area (Å²) in [5.41, 5.74) is 4.02. The maximum atomic E-state index is 4.19. The minimum atomic E-state index is 1.21. The minimum absolute atomic E-state index is 1.21. The summed E-state index contributed by atoms with van der Waals surface area (Å²) in [6.45, 7) is 6.72. The lowest BCUT2D eigenvalue weighted by Crippen LogP contribution is -2.19. The molecular formula is C11H16N2. The first kappa shape index (κ1) is 8.54. The molecule has 0 saturated carbocycles. The fourth-order valence-corrected chi connectivity index (χ4v) is 2.13. The molecule has 0 atom stereocenters. The molecule has 0 spiro atoms. The Morgan fingerprint density at radius 3 is 2.15 bits per heavy atom. The fourth-order valence-electron chi connectivity index (χ4n) is 2.13. The second-order valence-electron chi connectivity index (χ2n) is 3.82.